The molecule has 0 nitrogen and oxygen atoms in total. The van der Waals surface area contributed by atoms with Gasteiger partial charge in [-0.2, -0.15) is 0 Å². The molecule has 1 aromatic carbocycles. The second kappa shape index (κ2) is 5.07. The second-order valence-electron chi connectivity index (χ2n) is 3.79. The van der Waals surface area contributed by atoms with Gasteiger partial charge in [0.25, 0.3) is 0 Å². The highest BCUT2D eigenvalue weighted by atomic mass is 127. The van der Waals surface area contributed by atoms with E-state index in [1.165, 1.54) is 24.5 Å². The van der Waals surface area contributed by atoms with E-state index < -0.39 is 0 Å². The molecule has 0 saturated heterocycles. The number of halogens is 2. The summed E-state index contributed by atoms with van der Waals surface area (Å²) in [6.07, 6.45) is 0. The Labute approximate surface area is 119 Å². The van der Waals surface area contributed by atoms with Gasteiger partial charge in [-0.1, -0.05) is 12.1 Å². The van der Waals surface area contributed by atoms with Crippen LogP contribution in [0, 0.1) is 17.4 Å². The molecule has 2 aromatic rings. The largest absolute Gasteiger partial charge is 0.146 e. The fourth-order valence-electron chi connectivity index (χ4n) is 1.75. The van der Waals surface area contributed by atoms with Crippen LogP contribution in [0.3, 0.4) is 0 Å². The van der Waals surface area contributed by atoms with Crippen LogP contribution in [0.1, 0.15) is 26.3 Å². The number of hydrogen-bond donors (Lipinski definition) is 0. The smallest absolute Gasteiger partial charge is 0.0846 e. The van der Waals surface area contributed by atoms with Gasteiger partial charge >= 0.3 is 0 Å². The molecule has 0 radical (unpaired) electrons. The Hall–Kier alpha value is -0.0600. The molecule has 0 aliphatic heterocycles. The lowest BCUT2D eigenvalue weighted by molar-refractivity contribution is 1.13. The van der Waals surface area contributed by atoms with Gasteiger partial charge in [-0.25, -0.2) is 0 Å². The molecule has 0 aliphatic rings. The first-order valence-electron chi connectivity index (χ1n) is 5.04. The minimum Gasteiger partial charge on any atom is -0.146 e. The Kier molecular flexibility index (Phi) is 3.93. The van der Waals surface area contributed by atoms with Crippen molar-refractivity contribution in [2.75, 3.05) is 0 Å². The summed E-state index contributed by atoms with van der Waals surface area (Å²) in [5.74, 6) is 0. The summed E-state index contributed by atoms with van der Waals surface area (Å²) in [5.41, 5.74) is 2.42. The maximum Gasteiger partial charge on any atom is 0.0846 e. The monoisotopic (exact) mass is 362 g/mol. The van der Waals surface area contributed by atoms with Crippen molar-refractivity contribution in [3.8, 4) is 0 Å². The van der Waals surface area contributed by atoms with Gasteiger partial charge in [0.2, 0.25) is 0 Å². The minimum absolute atomic E-state index is 0.0281. The van der Waals surface area contributed by atoms with E-state index in [1.54, 1.807) is 0 Å². The van der Waals surface area contributed by atoms with Gasteiger partial charge in [0.1, 0.15) is 0 Å². The fraction of sp³-hybridized carbons (Fsp3) is 0.231. The Morgan fingerprint density at radius 3 is 2.56 bits per heavy atom. The number of thiophene rings is 1. The van der Waals surface area contributed by atoms with Gasteiger partial charge < -0.3 is 0 Å². The summed E-state index contributed by atoms with van der Waals surface area (Å²) >= 11 is 10.7. The van der Waals surface area contributed by atoms with Crippen molar-refractivity contribution in [2.24, 2.45) is 0 Å². The van der Waals surface area contributed by atoms with E-state index in [2.05, 4.69) is 66.8 Å². The number of alkyl halides is 1. The lowest BCUT2D eigenvalue weighted by atomic mass is 10.1. The predicted molar refractivity (Wildman–Crippen MR) is 80.6 cm³/mol. The average Bonchev–Trinajstić information content (AvgIpc) is 2.57. The molecular formula is C13H12ClIS. The van der Waals surface area contributed by atoms with Gasteiger partial charge in [0.05, 0.1) is 5.38 Å². The molecule has 3 heteroatoms. The maximum absolute atomic E-state index is 6.53. The molecular weight excluding hydrogens is 351 g/mol. The lowest BCUT2D eigenvalue weighted by Crippen LogP contribution is -1.93. The average molecular weight is 363 g/mol. The molecule has 0 N–H and O–H groups in total. The molecule has 0 amide bonds. The highest BCUT2D eigenvalue weighted by Crippen LogP contribution is 2.35. The summed E-state index contributed by atoms with van der Waals surface area (Å²) < 4.78 is 1.23. The Bertz CT molecular complexity index is 504. The first-order valence-corrected chi connectivity index (χ1v) is 7.37. The molecule has 1 atom stereocenters. The summed E-state index contributed by atoms with van der Waals surface area (Å²) in [4.78, 5) is 2.64. The Morgan fingerprint density at radius 1 is 1.25 bits per heavy atom. The van der Waals surface area contributed by atoms with E-state index in [-0.39, 0.29) is 5.38 Å². The molecule has 1 unspecified atom stereocenters. The van der Waals surface area contributed by atoms with Gasteiger partial charge in [0.15, 0.2) is 0 Å². The topological polar surface area (TPSA) is 0 Å². The Balaban J connectivity index is 2.38. The highest BCUT2D eigenvalue weighted by Gasteiger charge is 2.15. The van der Waals surface area contributed by atoms with Crippen LogP contribution in [0.25, 0.3) is 0 Å². The van der Waals surface area contributed by atoms with Crippen LogP contribution in [0.15, 0.2) is 30.3 Å². The fourth-order valence-corrected chi connectivity index (χ4v) is 3.70. The molecule has 0 spiro atoms. The quantitative estimate of drug-likeness (QED) is 0.502. The van der Waals surface area contributed by atoms with E-state index in [1.807, 2.05) is 11.3 Å². The molecule has 84 valence electrons. The highest BCUT2D eigenvalue weighted by molar-refractivity contribution is 14.1. The number of benzene rings is 1. The zero-order valence-electron chi connectivity index (χ0n) is 9.13. The van der Waals surface area contributed by atoms with Gasteiger partial charge in [0, 0.05) is 13.3 Å². The van der Waals surface area contributed by atoms with Crippen LogP contribution in [0.5, 0.6) is 0 Å². The van der Waals surface area contributed by atoms with Crippen LogP contribution >= 0.6 is 45.5 Å². The van der Waals surface area contributed by atoms with E-state index >= 15 is 0 Å². The van der Waals surface area contributed by atoms with Crippen molar-refractivity contribution in [3.63, 3.8) is 0 Å². The zero-order chi connectivity index (χ0) is 11.7. The number of hydrogen-bond acceptors (Lipinski definition) is 1. The van der Waals surface area contributed by atoms with Gasteiger partial charge in [-0.05, 0) is 65.8 Å². The van der Waals surface area contributed by atoms with Crippen LogP contribution in [-0.4, -0.2) is 0 Å². The van der Waals surface area contributed by atoms with Crippen molar-refractivity contribution in [1.29, 1.82) is 0 Å². The molecule has 2 rings (SSSR count). The van der Waals surface area contributed by atoms with Gasteiger partial charge in [-0.3, -0.25) is 0 Å². The lowest BCUT2D eigenvalue weighted by Gasteiger charge is -2.10. The normalized spacial score (nSPS) is 12.8. The SMILES string of the molecule is Cc1cc(C(Cl)c2cccc(I)c2)c(C)s1. The van der Waals surface area contributed by atoms with Crippen molar-refractivity contribution < 1.29 is 0 Å². The molecule has 16 heavy (non-hydrogen) atoms. The Morgan fingerprint density at radius 2 is 2.00 bits per heavy atom. The van der Waals surface area contributed by atoms with Crippen molar-refractivity contribution in [1.82, 2.24) is 0 Å². The predicted octanol–water partition coefficient (Wildman–Crippen LogP) is 5.30. The van der Waals surface area contributed by atoms with Crippen LogP contribution in [0.2, 0.25) is 0 Å². The summed E-state index contributed by atoms with van der Waals surface area (Å²) in [5, 5.41) is -0.0281. The third-order valence-electron chi connectivity index (χ3n) is 2.49. The number of rotatable bonds is 2. The molecule has 1 heterocycles. The molecule has 0 aliphatic carbocycles. The van der Waals surface area contributed by atoms with Crippen molar-refractivity contribution in [3.05, 3.63) is 54.8 Å². The second-order valence-corrected chi connectivity index (χ2v) is 6.93. The molecule has 0 fully saturated rings. The summed E-state index contributed by atoms with van der Waals surface area (Å²) in [7, 11) is 0. The first kappa shape index (κ1) is 12.4. The van der Waals surface area contributed by atoms with Gasteiger partial charge in [-0.15, -0.1) is 22.9 Å². The first-order chi connectivity index (χ1) is 7.58. The van der Waals surface area contributed by atoms with Crippen molar-refractivity contribution >= 4 is 45.5 Å². The maximum atomic E-state index is 6.53. The zero-order valence-corrected chi connectivity index (χ0v) is 12.9. The van der Waals surface area contributed by atoms with Crippen LogP contribution in [-0.2, 0) is 0 Å². The molecule has 1 aromatic heterocycles. The summed E-state index contributed by atoms with van der Waals surface area (Å²) in [6, 6.07) is 10.6. The number of aryl methyl sites for hydroxylation is 2. The molecule has 0 bridgehead atoms. The standard InChI is InChI=1S/C13H12ClIS/c1-8-6-12(9(2)16-8)13(14)10-4-3-5-11(15)7-10/h3-7,13H,1-2H3. The van der Waals surface area contributed by atoms with Crippen molar-refractivity contribution in [2.45, 2.75) is 19.2 Å². The van der Waals surface area contributed by atoms with E-state index in [0.717, 1.165) is 0 Å². The van der Waals surface area contributed by atoms with Crippen LogP contribution < -0.4 is 0 Å². The molecule has 0 saturated carbocycles. The minimum atomic E-state index is -0.0281. The third kappa shape index (κ3) is 2.60. The van der Waals surface area contributed by atoms with E-state index in [0.29, 0.717) is 0 Å². The van der Waals surface area contributed by atoms with E-state index in [4.69, 9.17) is 11.6 Å². The summed E-state index contributed by atoms with van der Waals surface area (Å²) in [6.45, 7) is 4.26. The van der Waals surface area contributed by atoms with Crippen LogP contribution in [0.4, 0.5) is 0 Å². The third-order valence-corrected chi connectivity index (χ3v) is 4.63. The van der Waals surface area contributed by atoms with E-state index in [9.17, 15) is 0 Å².